The van der Waals surface area contributed by atoms with Gasteiger partial charge in [0.25, 0.3) is 5.91 Å². The fourth-order valence-electron chi connectivity index (χ4n) is 5.75. The minimum atomic E-state index is -1.38. The number of fused-ring (bicyclic) bond motifs is 1. The molecule has 1 unspecified atom stereocenters. The van der Waals surface area contributed by atoms with Gasteiger partial charge in [-0.25, -0.2) is 4.39 Å². The summed E-state index contributed by atoms with van der Waals surface area (Å²) in [5.74, 6) is -1.000. The Bertz CT molecular complexity index is 1700. The van der Waals surface area contributed by atoms with Gasteiger partial charge in [-0.05, 0) is 37.1 Å². The van der Waals surface area contributed by atoms with Gasteiger partial charge in [0.15, 0.2) is 11.6 Å². The lowest BCUT2D eigenvalue weighted by Crippen LogP contribution is -2.51. The second-order valence-electron chi connectivity index (χ2n) is 10.7. The first-order valence-electron chi connectivity index (χ1n) is 13.7. The summed E-state index contributed by atoms with van der Waals surface area (Å²) in [4.78, 5) is 54.9. The lowest BCUT2D eigenvalue weighted by atomic mass is 10.0. The Hall–Kier alpha value is -4.94. The lowest BCUT2D eigenvalue weighted by Gasteiger charge is -2.25. The van der Waals surface area contributed by atoms with Crippen molar-refractivity contribution in [2.45, 2.75) is 44.6 Å². The van der Waals surface area contributed by atoms with Crippen LogP contribution in [0.3, 0.4) is 0 Å². The zero-order valence-corrected chi connectivity index (χ0v) is 23.1. The first-order chi connectivity index (χ1) is 20.2. The number of likely N-dealkylation sites (tertiary alicyclic amines) is 1. The zero-order valence-electron chi connectivity index (χ0n) is 23.1. The Morgan fingerprint density at radius 2 is 1.95 bits per heavy atom. The van der Waals surface area contributed by atoms with Crippen LogP contribution in [0.1, 0.15) is 30.1 Å². The molecule has 0 spiro atoms. The molecule has 6 rings (SSSR count). The maximum absolute atomic E-state index is 14.6. The molecule has 13 heteroatoms. The van der Waals surface area contributed by atoms with Crippen LogP contribution < -0.4 is 10.2 Å². The van der Waals surface area contributed by atoms with Gasteiger partial charge in [0.05, 0.1) is 18.9 Å². The van der Waals surface area contributed by atoms with Crippen LogP contribution >= 0.6 is 0 Å². The largest absolute Gasteiger partial charge is 0.342 e. The van der Waals surface area contributed by atoms with Gasteiger partial charge >= 0.3 is 0 Å². The predicted octanol–water partition coefficient (Wildman–Crippen LogP) is 1.90. The fourth-order valence-corrected chi connectivity index (χ4v) is 5.75. The summed E-state index contributed by atoms with van der Waals surface area (Å²) in [6, 6.07) is 7.23. The van der Waals surface area contributed by atoms with Crippen LogP contribution in [0.25, 0.3) is 22.0 Å². The van der Waals surface area contributed by atoms with Crippen molar-refractivity contribution in [2.75, 3.05) is 18.0 Å². The number of aryl methyl sites for hydroxylation is 1. The number of rotatable bonds is 7. The highest BCUT2D eigenvalue weighted by molar-refractivity contribution is 6.08. The van der Waals surface area contributed by atoms with Gasteiger partial charge in [-0.1, -0.05) is 6.07 Å². The quantitative estimate of drug-likeness (QED) is 0.334. The van der Waals surface area contributed by atoms with E-state index in [9.17, 15) is 23.6 Å². The molecule has 0 saturated carbocycles. The number of carbonyl (C=O) groups excluding carboxylic acids is 4. The van der Waals surface area contributed by atoms with Crippen molar-refractivity contribution in [3.05, 3.63) is 60.7 Å². The average molecular weight is 573 g/mol. The normalized spacial score (nSPS) is 20.5. The summed E-state index contributed by atoms with van der Waals surface area (Å²) in [5.41, 5.74) is 2.76. The van der Waals surface area contributed by atoms with Gasteiger partial charge in [0.2, 0.25) is 11.8 Å². The Balaban J connectivity index is 1.19. The topological polar surface area (TPSA) is 135 Å². The SMILES string of the molecule is CC(=O)c1cn(CC(=O)N2C[C@H](F)C[C@H]2C(=O)NC2CCN(c3ccn(C)n3)C2=O)c2ccc(-c3ccnnc3)cc12. The second-order valence-corrected chi connectivity index (χ2v) is 10.7. The van der Waals surface area contributed by atoms with Crippen molar-refractivity contribution in [1.29, 1.82) is 0 Å². The third-order valence-corrected chi connectivity index (χ3v) is 7.85. The van der Waals surface area contributed by atoms with Crippen LogP contribution in [0, 0.1) is 0 Å². The molecule has 12 nitrogen and oxygen atoms in total. The van der Waals surface area contributed by atoms with Crippen molar-refractivity contribution in [3.8, 4) is 11.1 Å². The number of alkyl halides is 1. The van der Waals surface area contributed by atoms with E-state index in [1.807, 2.05) is 24.3 Å². The number of aromatic nitrogens is 5. The number of Topliss-reactive ketones (excluding diaryl/α,β-unsaturated/α-hetero) is 1. The molecule has 2 aliphatic rings. The van der Waals surface area contributed by atoms with Crippen LogP contribution in [0.4, 0.5) is 10.2 Å². The van der Waals surface area contributed by atoms with E-state index < -0.39 is 30.1 Å². The summed E-state index contributed by atoms with van der Waals surface area (Å²) in [6.07, 6.45) is 5.38. The average Bonchev–Trinajstić information content (AvgIpc) is 3.75. The van der Waals surface area contributed by atoms with E-state index in [1.54, 1.807) is 47.2 Å². The van der Waals surface area contributed by atoms with Gasteiger partial charge < -0.3 is 14.8 Å². The third-order valence-electron chi connectivity index (χ3n) is 7.85. The van der Waals surface area contributed by atoms with Gasteiger partial charge in [-0.15, -0.1) is 0 Å². The Labute approximate surface area is 240 Å². The highest BCUT2D eigenvalue weighted by atomic mass is 19.1. The lowest BCUT2D eigenvalue weighted by molar-refractivity contribution is -0.139. The highest BCUT2D eigenvalue weighted by Crippen LogP contribution is 2.29. The molecule has 1 aromatic carbocycles. The molecule has 3 aromatic heterocycles. The van der Waals surface area contributed by atoms with Crippen molar-refractivity contribution in [3.63, 3.8) is 0 Å². The smallest absolute Gasteiger partial charge is 0.250 e. The molecular formula is C29H29FN8O4. The molecule has 2 fully saturated rings. The van der Waals surface area contributed by atoms with Crippen LogP contribution in [0.2, 0.25) is 0 Å². The molecule has 2 aliphatic heterocycles. The van der Waals surface area contributed by atoms with E-state index in [0.717, 1.165) is 11.1 Å². The minimum absolute atomic E-state index is 0.156. The molecule has 5 heterocycles. The zero-order chi connectivity index (χ0) is 29.5. The van der Waals surface area contributed by atoms with E-state index in [2.05, 4.69) is 20.6 Å². The van der Waals surface area contributed by atoms with Gasteiger partial charge in [-0.3, -0.25) is 28.8 Å². The van der Waals surface area contributed by atoms with Gasteiger partial charge in [-0.2, -0.15) is 15.3 Å². The van der Waals surface area contributed by atoms with Crippen molar-refractivity contribution in [1.82, 2.24) is 34.8 Å². The predicted molar refractivity (Wildman–Crippen MR) is 150 cm³/mol. The molecule has 2 saturated heterocycles. The second kappa shape index (κ2) is 10.8. The van der Waals surface area contributed by atoms with E-state index in [4.69, 9.17) is 0 Å². The standard InChI is InChI=1S/C29H29FN8O4/c1-17(39)22-15-36(24-4-3-18(11-21(22)24)19-5-8-31-32-13-19)16-27(40)38-14-20(30)12-25(38)28(41)33-23-6-10-37(29(23)42)26-7-9-35(2)34-26/h3-5,7-9,11,13,15,20,23,25H,6,10,12,14,16H2,1-2H3,(H,33,41)/t20-,23?,25+/m1/s1. The summed E-state index contributed by atoms with van der Waals surface area (Å²) in [6.45, 7) is 1.42. The minimum Gasteiger partial charge on any atom is -0.342 e. The number of carbonyl (C=O) groups is 4. The number of ketones is 1. The van der Waals surface area contributed by atoms with E-state index in [1.165, 1.54) is 16.7 Å². The maximum Gasteiger partial charge on any atom is 0.250 e. The van der Waals surface area contributed by atoms with Gasteiger partial charge in [0.1, 0.15) is 24.8 Å². The molecule has 216 valence electrons. The van der Waals surface area contributed by atoms with E-state index >= 15 is 0 Å². The molecule has 1 N–H and O–H groups in total. The van der Waals surface area contributed by atoms with E-state index in [0.29, 0.717) is 35.2 Å². The summed E-state index contributed by atoms with van der Waals surface area (Å²) in [5, 5.41) is 15.4. The highest BCUT2D eigenvalue weighted by Gasteiger charge is 2.42. The number of hydrogen-bond donors (Lipinski definition) is 1. The number of nitrogens with zero attached hydrogens (tertiary/aromatic N) is 7. The third kappa shape index (κ3) is 5.01. The van der Waals surface area contributed by atoms with Crippen molar-refractivity contribution in [2.24, 2.45) is 7.05 Å². The molecule has 4 aromatic rings. The number of amides is 3. The summed E-state index contributed by atoms with van der Waals surface area (Å²) in [7, 11) is 1.75. The van der Waals surface area contributed by atoms with Crippen LogP contribution in [-0.4, -0.2) is 84.3 Å². The van der Waals surface area contributed by atoms with Crippen LogP contribution in [0.5, 0.6) is 0 Å². The summed E-state index contributed by atoms with van der Waals surface area (Å²) >= 11 is 0. The Morgan fingerprint density at radius 1 is 1.12 bits per heavy atom. The van der Waals surface area contributed by atoms with Crippen LogP contribution in [0.15, 0.2) is 55.1 Å². The first-order valence-corrected chi connectivity index (χ1v) is 13.7. The maximum atomic E-state index is 14.6. The molecule has 0 bridgehead atoms. The number of anilines is 1. The fraction of sp³-hybridized carbons (Fsp3) is 0.345. The van der Waals surface area contributed by atoms with Crippen LogP contribution in [-0.2, 0) is 28.0 Å². The molecule has 3 amide bonds. The van der Waals surface area contributed by atoms with E-state index in [-0.39, 0.29) is 31.2 Å². The number of halogens is 1. The first kappa shape index (κ1) is 27.2. The monoisotopic (exact) mass is 572 g/mol. The summed E-state index contributed by atoms with van der Waals surface area (Å²) < 4.78 is 17.8. The molecular weight excluding hydrogens is 543 g/mol. The molecule has 3 atom stereocenters. The molecule has 0 radical (unpaired) electrons. The Kier molecular flexibility index (Phi) is 7.01. The number of benzene rings is 1. The molecule has 42 heavy (non-hydrogen) atoms. The van der Waals surface area contributed by atoms with Gasteiger partial charge in [0, 0.05) is 60.5 Å². The van der Waals surface area contributed by atoms with Crippen molar-refractivity contribution >= 4 is 40.2 Å². The van der Waals surface area contributed by atoms with Crippen molar-refractivity contribution < 1.29 is 23.6 Å². The number of nitrogens with one attached hydrogen (secondary N) is 1. The Morgan fingerprint density at radius 3 is 2.67 bits per heavy atom. The molecule has 0 aliphatic carbocycles. The number of hydrogen-bond acceptors (Lipinski definition) is 7.